The van der Waals surface area contributed by atoms with Crippen LogP contribution >= 0.6 is 0 Å². The Hall–Kier alpha value is -1.33. The third-order valence-electron chi connectivity index (χ3n) is 6.28. The zero-order valence-corrected chi connectivity index (χ0v) is 18.2. The van der Waals surface area contributed by atoms with E-state index in [-0.39, 0.29) is 34.4 Å². The molecule has 1 aromatic rings. The maximum Gasteiger partial charge on any atom is 0.494 e. The fourth-order valence-corrected chi connectivity index (χ4v) is 3.94. The Morgan fingerprint density at radius 3 is 2.11 bits per heavy atom. The van der Waals surface area contributed by atoms with Gasteiger partial charge in [0.25, 0.3) is 0 Å². The standard InChI is InChI=1S/C22H33BO4/c1-19(2,3)25-18(24)17-16(20(17,4)5)14-11-10-12-15(13-14)23-26-21(6,7)22(8,9)27-23/h10-13,16-17H,1-9H3/t16-,17+/m0/s1. The second-order valence-corrected chi connectivity index (χ2v) is 10.6. The van der Waals surface area contributed by atoms with E-state index in [2.05, 4.69) is 53.7 Å². The van der Waals surface area contributed by atoms with Crippen molar-refractivity contribution in [2.75, 3.05) is 0 Å². The van der Waals surface area contributed by atoms with Gasteiger partial charge in [-0.1, -0.05) is 38.1 Å². The highest BCUT2D eigenvalue weighted by Crippen LogP contribution is 2.64. The molecule has 4 nitrogen and oxygen atoms in total. The molecule has 27 heavy (non-hydrogen) atoms. The monoisotopic (exact) mass is 372 g/mol. The highest BCUT2D eigenvalue weighted by Gasteiger charge is 2.63. The van der Waals surface area contributed by atoms with Crippen LogP contribution < -0.4 is 5.46 Å². The van der Waals surface area contributed by atoms with Gasteiger partial charge in [-0.05, 0) is 64.9 Å². The van der Waals surface area contributed by atoms with E-state index in [0.29, 0.717) is 0 Å². The lowest BCUT2D eigenvalue weighted by molar-refractivity contribution is -0.157. The van der Waals surface area contributed by atoms with Crippen molar-refractivity contribution >= 4 is 18.6 Å². The molecule has 1 aliphatic carbocycles. The Bertz CT molecular complexity index is 729. The van der Waals surface area contributed by atoms with Crippen LogP contribution in [0, 0.1) is 11.3 Å². The van der Waals surface area contributed by atoms with Crippen molar-refractivity contribution in [1.29, 1.82) is 0 Å². The van der Waals surface area contributed by atoms with Crippen LogP contribution in [0.5, 0.6) is 0 Å². The maximum absolute atomic E-state index is 12.7. The topological polar surface area (TPSA) is 44.8 Å². The van der Waals surface area contributed by atoms with Gasteiger partial charge in [0, 0.05) is 5.92 Å². The van der Waals surface area contributed by atoms with Crippen LogP contribution in [0.2, 0.25) is 0 Å². The maximum atomic E-state index is 12.7. The molecule has 0 amide bonds. The summed E-state index contributed by atoms with van der Waals surface area (Å²) in [5.74, 6) is -0.0847. The molecular formula is C22H33BO4. The molecule has 2 aliphatic rings. The van der Waals surface area contributed by atoms with Crippen LogP contribution in [0.4, 0.5) is 0 Å². The third-order valence-corrected chi connectivity index (χ3v) is 6.28. The molecule has 0 radical (unpaired) electrons. The highest BCUT2D eigenvalue weighted by atomic mass is 16.7. The molecule has 2 fully saturated rings. The summed E-state index contributed by atoms with van der Waals surface area (Å²) < 4.78 is 18.0. The molecular weight excluding hydrogens is 339 g/mol. The molecule has 0 unspecified atom stereocenters. The second kappa shape index (κ2) is 6.08. The van der Waals surface area contributed by atoms with E-state index >= 15 is 0 Å². The molecule has 148 valence electrons. The van der Waals surface area contributed by atoms with E-state index in [1.165, 1.54) is 0 Å². The lowest BCUT2D eigenvalue weighted by Gasteiger charge is -2.32. The highest BCUT2D eigenvalue weighted by molar-refractivity contribution is 6.62. The lowest BCUT2D eigenvalue weighted by atomic mass is 9.78. The van der Waals surface area contributed by atoms with Gasteiger partial charge in [0.05, 0.1) is 17.1 Å². The second-order valence-electron chi connectivity index (χ2n) is 10.6. The minimum atomic E-state index is -0.467. The van der Waals surface area contributed by atoms with Gasteiger partial charge in [-0.3, -0.25) is 4.79 Å². The lowest BCUT2D eigenvalue weighted by Crippen LogP contribution is -2.41. The van der Waals surface area contributed by atoms with Gasteiger partial charge in [0.2, 0.25) is 0 Å². The molecule has 5 heteroatoms. The Morgan fingerprint density at radius 2 is 1.59 bits per heavy atom. The van der Waals surface area contributed by atoms with Crippen LogP contribution in [-0.4, -0.2) is 29.9 Å². The molecule has 1 saturated heterocycles. The summed E-state index contributed by atoms with van der Waals surface area (Å²) >= 11 is 0. The van der Waals surface area contributed by atoms with E-state index < -0.39 is 12.7 Å². The summed E-state index contributed by atoms with van der Waals surface area (Å²) in [6.45, 7) is 18.2. The fraction of sp³-hybridized carbons (Fsp3) is 0.682. The quantitative estimate of drug-likeness (QED) is 0.593. The Kier molecular flexibility index (Phi) is 4.60. The van der Waals surface area contributed by atoms with Crippen molar-refractivity contribution in [2.24, 2.45) is 11.3 Å². The van der Waals surface area contributed by atoms with E-state index in [0.717, 1.165) is 11.0 Å². The SMILES string of the molecule is CC(C)(C)OC(=O)[C@H]1[C@H](c2cccc(B3OC(C)(C)C(C)(C)O3)c2)C1(C)C. The molecule has 0 spiro atoms. The van der Waals surface area contributed by atoms with E-state index in [1.54, 1.807) is 0 Å². The average molecular weight is 372 g/mol. The summed E-state index contributed by atoms with van der Waals surface area (Å²) in [5.41, 5.74) is 0.818. The zero-order chi connectivity index (χ0) is 20.4. The van der Waals surface area contributed by atoms with Crippen LogP contribution in [0.1, 0.15) is 73.8 Å². The third kappa shape index (κ3) is 3.69. The molecule has 2 atom stereocenters. The van der Waals surface area contributed by atoms with Gasteiger partial charge in [-0.15, -0.1) is 0 Å². The molecule has 0 bridgehead atoms. The van der Waals surface area contributed by atoms with Crippen molar-refractivity contribution in [1.82, 2.24) is 0 Å². The van der Waals surface area contributed by atoms with Gasteiger partial charge < -0.3 is 14.0 Å². The predicted octanol–water partition coefficient (Wildman–Crippen LogP) is 4.07. The number of carbonyl (C=O) groups excluding carboxylic acids is 1. The number of benzene rings is 1. The molecule has 3 rings (SSSR count). The van der Waals surface area contributed by atoms with Crippen LogP contribution in [0.15, 0.2) is 24.3 Å². The van der Waals surface area contributed by atoms with Gasteiger partial charge in [0.15, 0.2) is 0 Å². The Morgan fingerprint density at radius 1 is 1.04 bits per heavy atom. The van der Waals surface area contributed by atoms with Crippen molar-refractivity contribution in [3.05, 3.63) is 29.8 Å². The minimum absolute atomic E-state index is 0.112. The number of carbonyl (C=O) groups is 1. The number of ether oxygens (including phenoxy) is 1. The average Bonchev–Trinajstić information content (AvgIpc) is 2.98. The van der Waals surface area contributed by atoms with Gasteiger partial charge in [0.1, 0.15) is 5.60 Å². The number of hydrogen-bond donors (Lipinski definition) is 0. The van der Waals surface area contributed by atoms with Crippen molar-refractivity contribution in [3.8, 4) is 0 Å². The first-order valence-corrected chi connectivity index (χ1v) is 9.84. The minimum Gasteiger partial charge on any atom is -0.460 e. The first-order valence-electron chi connectivity index (χ1n) is 9.84. The van der Waals surface area contributed by atoms with E-state index in [1.807, 2.05) is 32.9 Å². The van der Waals surface area contributed by atoms with Gasteiger partial charge in [-0.25, -0.2) is 0 Å². The van der Waals surface area contributed by atoms with Crippen molar-refractivity contribution < 1.29 is 18.8 Å². The largest absolute Gasteiger partial charge is 0.494 e. The molecule has 1 saturated carbocycles. The normalized spacial score (nSPS) is 28.1. The molecule has 1 aromatic carbocycles. The van der Waals surface area contributed by atoms with E-state index in [9.17, 15) is 4.79 Å². The summed E-state index contributed by atoms with van der Waals surface area (Å²) in [7, 11) is -0.392. The Balaban J connectivity index is 1.82. The van der Waals surface area contributed by atoms with Crippen molar-refractivity contribution in [2.45, 2.75) is 85.0 Å². The van der Waals surface area contributed by atoms with Gasteiger partial charge in [-0.2, -0.15) is 0 Å². The van der Waals surface area contributed by atoms with Crippen LogP contribution in [-0.2, 0) is 18.8 Å². The van der Waals surface area contributed by atoms with Crippen LogP contribution in [0.25, 0.3) is 0 Å². The Labute approximate surface area is 164 Å². The number of rotatable bonds is 3. The summed E-state index contributed by atoms with van der Waals surface area (Å²) in [4.78, 5) is 12.7. The summed E-state index contributed by atoms with van der Waals surface area (Å²) in [6, 6.07) is 8.27. The fourth-order valence-electron chi connectivity index (χ4n) is 3.94. The van der Waals surface area contributed by atoms with Gasteiger partial charge >= 0.3 is 13.1 Å². The summed E-state index contributed by atoms with van der Waals surface area (Å²) in [5, 5.41) is 0. The van der Waals surface area contributed by atoms with Crippen molar-refractivity contribution in [3.63, 3.8) is 0 Å². The molecule has 1 heterocycles. The first kappa shape index (κ1) is 20.4. The summed E-state index contributed by atoms with van der Waals surface area (Å²) in [6.07, 6.45) is 0. The molecule has 0 aromatic heterocycles. The molecule has 1 aliphatic heterocycles. The first-order chi connectivity index (χ1) is 12.2. The zero-order valence-electron chi connectivity index (χ0n) is 18.2. The van der Waals surface area contributed by atoms with Crippen LogP contribution in [0.3, 0.4) is 0 Å². The number of hydrogen-bond acceptors (Lipinski definition) is 4. The predicted molar refractivity (Wildman–Crippen MR) is 108 cm³/mol. The van der Waals surface area contributed by atoms with E-state index in [4.69, 9.17) is 14.0 Å². The smallest absolute Gasteiger partial charge is 0.460 e. The molecule has 0 N–H and O–H groups in total. The number of esters is 1.